The van der Waals surface area contributed by atoms with Gasteiger partial charge in [-0.2, -0.15) is 16.8 Å². The molecule has 0 fully saturated rings. The van der Waals surface area contributed by atoms with Crippen molar-refractivity contribution in [3.05, 3.63) is 47.5 Å². The average Bonchev–Trinajstić information content (AvgIpc) is 2.46. The fourth-order valence-corrected chi connectivity index (χ4v) is 4.53. The van der Waals surface area contributed by atoms with E-state index < -0.39 is 41.6 Å². The van der Waals surface area contributed by atoms with Crippen molar-refractivity contribution < 1.29 is 35.5 Å². The number of carbonyl (C=O) groups is 2. The van der Waals surface area contributed by atoms with Gasteiger partial charge in [0.15, 0.2) is 11.6 Å². The molecular weight excluding hydrogens is 360 g/mol. The first kappa shape index (κ1) is 16.5. The van der Waals surface area contributed by atoms with E-state index in [0.717, 1.165) is 30.4 Å². The normalized spacial score (nSPS) is 14.9. The largest absolute Gasteiger partial charge is 0.296 e. The van der Waals surface area contributed by atoms with Crippen molar-refractivity contribution >= 4 is 42.6 Å². The van der Waals surface area contributed by atoms with Crippen LogP contribution in [-0.2, 0) is 20.2 Å². The van der Waals surface area contributed by atoms with Crippen LogP contribution in [0.3, 0.4) is 0 Å². The fraction of sp³-hybridized carbons (Fsp3) is 0. The summed E-state index contributed by atoms with van der Waals surface area (Å²) in [5.41, 5.74) is -0.108. The topological polar surface area (TPSA) is 143 Å². The minimum Gasteiger partial charge on any atom is -0.289 e. The van der Waals surface area contributed by atoms with E-state index in [2.05, 4.69) is 0 Å². The molecule has 0 saturated carbocycles. The molecule has 0 spiro atoms. The van der Waals surface area contributed by atoms with E-state index in [1.54, 1.807) is 0 Å². The molecular formula is C14H8O8S2. The number of carbonyl (C=O) groups excluding carboxylic acids is 2. The quantitative estimate of drug-likeness (QED) is 0.754. The smallest absolute Gasteiger partial charge is 0.289 e. The lowest BCUT2D eigenvalue weighted by Crippen LogP contribution is -2.13. The summed E-state index contributed by atoms with van der Waals surface area (Å²) in [5.74, 6) is -1.05. The van der Waals surface area contributed by atoms with Crippen molar-refractivity contribution in [3.8, 4) is 0 Å². The molecule has 8 nitrogen and oxygen atoms in total. The first-order valence-electron chi connectivity index (χ1n) is 6.32. The highest BCUT2D eigenvalue weighted by molar-refractivity contribution is 7.89. The second-order valence-electron chi connectivity index (χ2n) is 5.02. The first-order chi connectivity index (χ1) is 11.0. The summed E-state index contributed by atoms with van der Waals surface area (Å²) in [6.45, 7) is 0. The molecule has 0 heterocycles. The van der Waals surface area contributed by atoms with E-state index in [1.165, 1.54) is 6.07 Å². The first-order valence-corrected chi connectivity index (χ1v) is 9.20. The number of hydrogen-bond acceptors (Lipinski definition) is 6. The van der Waals surface area contributed by atoms with E-state index in [1.807, 2.05) is 0 Å². The van der Waals surface area contributed by atoms with Gasteiger partial charge in [-0.05, 0) is 35.7 Å². The molecule has 0 bridgehead atoms. The Morgan fingerprint density at radius 1 is 0.750 bits per heavy atom. The molecule has 3 rings (SSSR count). The number of allylic oxidation sites excluding steroid dienone is 2. The number of rotatable bonds is 2. The zero-order valence-corrected chi connectivity index (χ0v) is 13.3. The van der Waals surface area contributed by atoms with E-state index in [-0.39, 0.29) is 21.9 Å². The van der Waals surface area contributed by atoms with Crippen LogP contribution in [0.5, 0.6) is 0 Å². The predicted molar refractivity (Wildman–Crippen MR) is 81.4 cm³/mol. The second-order valence-corrected chi connectivity index (χ2v) is 7.77. The van der Waals surface area contributed by atoms with Crippen LogP contribution in [0.1, 0.15) is 20.7 Å². The molecule has 0 saturated heterocycles. The number of ketones is 2. The highest BCUT2D eigenvalue weighted by Gasteiger charge is 2.28. The summed E-state index contributed by atoms with van der Waals surface area (Å²) in [7, 11) is -10.0. The number of benzene rings is 2. The van der Waals surface area contributed by atoms with Crippen LogP contribution in [0.4, 0.5) is 0 Å². The van der Waals surface area contributed by atoms with Gasteiger partial charge in [0.25, 0.3) is 20.2 Å². The van der Waals surface area contributed by atoms with Gasteiger partial charge in [-0.1, -0.05) is 6.07 Å². The monoisotopic (exact) mass is 368 g/mol. The summed E-state index contributed by atoms with van der Waals surface area (Å²) in [4.78, 5) is 21.7. The number of fused-ring (bicyclic) bond motifs is 2. The molecule has 1 aliphatic rings. The summed E-state index contributed by atoms with van der Waals surface area (Å²) in [5, 5.41) is -0.201. The molecule has 0 aromatic heterocycles. The molecule has 1 aliphatic carbocycles. The van der Waals surface area contributed by atoms with Crippen molar-refractivity contribution in [1.82, 2.24) is 0 Å². The van der Waals surface area contributed by atoms with Gasteiger partial charge >= 0.3 is 0 Å². The lowest BCUT2D eigenvalue weighted by molar-refractivity contribution is 0.0994. The van der Waals surface area contributed by atoms with Gasteiger partial charge in [-0.3, -0.25) is 18.7 Å². The summed E-state index contributed by atoms with van der Waals surface area (Å²) in [6, 6.07) is 4.17. The van der Waals surface area contributed by atoms with E-state index in [0.29, 0.717) is 0 Å². The maximum absolute atomic E-state index is 11.9. The molecule has 2 N–H and O–H groups in total. The Labute approximate surface area is 135 Å². The highest BCUT2D eigenvalue weighted by Crippen LogP contribution is 2.33. The Morgan fingerprint density at radius 3 is 1.79 bits per heavy atom. The van der Waals surface area contributed by atoms with Gasteiger partial charge in [0, 0.05) is 16.5 Å². The summed E-state index contributed by atoms with van der Waals surface area (Å²) < 4.78 is 64.7. The van der Waals surface area contributed by atoms with Gasteiger partial charge < -0.3 is 0 Å². The van der Waals surface area contributed by atoms with Gasteiger partial charge in [0.2, 0.25) is 0 Å². The van der Waals surface area contributed by atoms with Crippen LogP contribution in [-0.4, -0.2) is 37.5 Å². The van der Waals surface area contributed by atoms with Crippen LogP contribution in [0.25, 0.3) is 10.8 Å². The third-order valence-corrected chi connectivity index (χ3v) is 5.51. The lowest BCUT2D eigenvalue weighted by atomic mass is 9.92. The standard InChI is InChI=1S/C14H8O8S2/c15-11-2-3-12(16)10-6-8-7(5-9(10)11)1-4-13(23(17,18)19)14(8)24(20,21)22/h1-6H,(H,17,18,19)(H,20,21,22). The van der Waals surface area contributed by atoms with E-state index >= 15 is 0 Å². The zero-order valence-electron chi connectivity index (χ0n) is 11.6. The maximum atomic E-state index is 11.9. The molecule has 124 valence electrons. The van der Waals surface area contributed by atoms with Crippen LogP contribution >= 0.6 is 0 Å². The predicted octanol–water partition coefficient (Wildman–Crippen LogP) is 1.27. The Bertz CT molecular complexity index is 1170. The fourth-order valence-electron chi connectivity index (χ4n) is 2.53. The minimum atomic E-state index is -5.05. The van der Waals surface area contributed by atoms with Gasteiger partial charge in [-0.25, -0.2) is 0 Å². The molecule has 0 radical (unpaired) electrons. The molecule has 24 heavy (non-hydrogen) atoms. The van der Waals surface area contributed by atoms with Gasteiger partial charge in [-0.15, -0.1) is 0 Å². The molecule has 0 unspecified atom stereocenters. The molecule has 0 aliphatic heterocycles. The number of hydrogen-bond donors (Lipinski definition) is 2. The zero-order chi connectivity index (χ0) is 17.9. The van der Waals surface area contributed by atoms with Crippen molar-refractivity contribution in [2.24, 2.45) is 0 Å². The van der Waals surface area contributed by atoms with Crippen LogP contribution in [0, 0.1) is 0 Å². The molecule has 10 heteroatoms. The summed E-state index contributed by atoms with van der Waals surface area (Å²) >= 11 is 0. The third kappa shape index (κ3) is 2.55. The van der Waals surface area contributed by atoms with Crippen molar-refractivity contribution in [2.75, 3.05) is 0 Å². The second kappa shape index (κ2) is 5.05. The molecule has 0 amide bonds. The lowest BCUT2D eigenvalue weighted by Gasteiger charge is -2.13. The average molecular weight is 368 g/mol. The highest BCUT2D eigenvalue weighted by atomic mass is 32.2. The Kier molecular flexibility index (Phi) is 3.46. The Hall–Kier alpha value is -2.40. The molecule has 2 aromatic carbocycles. The molecule has 2 aromatic rings. The van der Waals surface area contributed by atoms with Crippen LogP contribution < -0.4 is 0 Å². The molecule has 0 atom stereocenters. The van der Waals surface area contributed by atoms with E-state index in [9.17, 15) is 35.5 Å². The van der Waals surface area contributed by atoms with Crippen LogP contribution in [0.2, 0.25) is 0 Å². The van der Waals surface area contributed by atoms with Crippen molar-refractivity contribution in [1.29, 1.82) is 0 Å². The van der Waals surface area contributed by atoms with Gasteiger partial charge in [0.05, 0.1) is 0 Å². The van der Waals surface area contributed by atoms with E-state index in [4.69, 9.17) is 0 Å². The minimum absolute atomic E-state index is 0.0240. The van der Waals surface area contributed by atoms with Gasteiger partial charge in [0.1, 0.15) is 9.79 Å². The van der Waals surface area contributed by atoms with Crippen LogP contribution in [0.15, 0.2) is 46.2 Å². The Morgan fingerprint density at radius 2 is 1.29 bits per heavy atom. The van der Waals surface area contributed by atoms with Crippen molar-refractivity contribution in [3.63, 3.8) is 0 Å². The maximum Gasteiger partial charge on any atom is 0.296 e. The van der Waals surface area contributed by atoms with Crippen molar-refractivity contribution in [2.45, 2.75) is 9.79 Å². The SMILES string of the molecule is O=C1C=CC(=O)c2cc3c(S(=O)(=O)O)c(S(=O)(=O)O)ccc3cc21. The third-order valence-electron chi connectivity index (χ3n) is 3.53. The Balaban J connectivity index is 2.55. The summed E-state index contributed by atoms with van der Waals surface area (Å²) in [6.07, 6.45) is 2.06.